The number of sulfonamides is 1. The van der Waals surface area contributed by atoms with Crippen LogP contribution in [-0.4, -0.2) is 49.0 Å². The first-order valence-electron chi connectivity index (χ1n) is 11.6. The molecule has 1 unspecified atom stereocenters. The number of aromatic nitrogens is 2. The van der Waals surface area contributed by atoms with E-state index in [9.17, 15) is 13.2 Å². The van der Waals surface area contributed by atoms with Crippen LogP contribution in [0.4, 0.5) is 5.69 Å². The molecule has 1 saturated heterocycles. The van der Waals surface area contributed by atoms with Gasteiger partial charge in [0.1, 0.15) is 5.75 Å². The van der Waals surface area contributed by atoms with Gasteiger partial charge in [0.05, 0.1) is 17.9 Å². The lowest BCUT2D eigenvalue weighted by Crippen LogP contribution is -2.43. The van der Waals surface area contributed by atoms with E-state index in [1.54, 1.807) is 12.1 Å². The fourth-order valence-corrected chi connectivity index (χ4v) is 5.50. The predicted molar refractivity (Wildman–Crippen MR) is 131 cm³/mol. The van der Waals surface area contributed by atoms with E-state index >= 15 is 0 Å². The summed E-state index contributed by atoms with van der Waals surface area (Å²) in [6.07, 6.45) is 1.79. The number of rotatable bonds is 8. The molecule has 0 bridgehead atoms. The van der Waals surface area contributed by atoms with Crippen LogP contribution in [0, 0.1) is 5.92 Å². The maximum atomic E-state index is 13.1. The number of ether oxygens (including phenoxy) is 1. The van der Waals surface area contributed by atoms with E-state index in [0.717, 1.165) is 5.56 Å². The number of nitrogens with one attached hydrogen (secondary N) is 1. The zero-order valence-corrected chi connectivity index (χ0v) is 20.9. The van der Waals surface area contributed by atoms with Gasteiger partial charge in [0.2, 0.25) is 21.8 Å². The minimum absolute atomic E-state index is 0.147. The second-order valence-corrected chi connectivity index (χ2v) is 10.9. The topological polar surface area (TPSA) is 115 Å². The van der Waals surface area contributed by atoms with Crippen molar-refractivity contribution in [2.45, 2.75) is 43.9 Å². The van der Waals surface area contributed by atoms with Crippen molar-refractivity contribution in [3.63, 3.8) is 0 Å². The first-order valence-corrected chi connectivity index (χ1v) is 13.1. The van der Waals surface area contributed by atoms with E-state index in [4.69, 9.17) is 9.26 Å². The van der Waals surface area contributed by atoms with E-state index in [-0.39, 0.29) is 23.3 Å². The van der Waals surface area contributed by atoms with Gasteiger partial charge in [-0.05, 0) is 54.8 Å². The fourth-order valence-electron chi connectivity index (χ4n) is 3.98. The van der Waals surface area contributed by atoms with Crippen LogP contribution in [0.15, 0.2) is 57.9 Å². The van der Waals surface area contributed by atoms with E-state index in [1.807, 2.05) is 38.1 Å². The van der Waals surface area contributed by atoms with Gasteiger partial charge in [-0.2, -0.15) is 9.29 Å². The molecule has 1 aliphatic heterocycles. The molecule has 1 aliphatic rings. The molecule has 1 N–H and O–H groups in total. The maximum absolute atomic E-state index is 13.1. The monoisotopic (exact) mass is 498 g/mol. The van der Waals surface area contributed by atoms with Gasteiger partial charge in [-0.25, -0.2) is 8.42 Å². The SMILES string of the molecule is COc1ccc(S(=O)(=O)N2CCCC(C(=O)Nc3ccc(Cc4noc(C(C)C)n4)cc3)C2)cc1. The summed E-state index contributed by atoms with van der Waals surface area (Å²) in [6, 6.07) is 13.7. The molecule has 3 aromatic rings. The first-order chi connectivity index (χ1) is 16.8. The zero-order valence-electron chi connectivity index (χ0n) is 20.1. The highest BCUT2D eigenvalue weighted by molar-refractivity contribution is 7.89. The molecule has 10 heteroatoms. The van der Waals surface area contributed by atoms with Crippen molar-refractivity contribution < 1.29 is 22.5 Å². The van der Waals surface area contributed by atoms with Crippen molar-refractivity contribution in [1.82, 2.24) is 14.4 Å². The third-order valence-corrected chi connectivity index (χ3v) is 7.89. The van der Waals surface area contributed by atoms with Crippen molar-refractivity contribution >= 4 is 21.6 Å². The van der Waals surface area contributed by atoms with Gasteiger partial charge in [-0.3, -0.25) is 4.79 Å². The lowest BCUT2D eigenvalue weighted by atomic mass is 9.98. The molecular formula is C25H30N4O5S. The Bertz CT molecular complexity index is 1250. The standard InChI is InChI=1S/C25H30N4O5S/c1-17(2)25-27-23(28-34-25)15-18-6-8-20(9-7-18)26-24(30)19-5-4-14-29(16-19)35(31,32)22-12-10-21(33-3)11-13-22/h6-13,17,19H,4-5,14-16H2,1-3H3,(H,26,30). The highest BCUT2D eigenvalue weighted by Crippen LogP contribution is 2.26. The Balaban J connectivity index is 1.36. The van der Waals surface area contributed by atoms with Gasteiger partial charge in [-0.15, -0.1) is 0 Å². The Morgan fingerprint density at radius 1 is 1.17 bits per heavy atom. The lowest BCUT2D eigenvalue weighted by molar-refractivity contribution is -0.120. The molecule has 1 aromatic heterocycles. The van der Waals surface area contributed by atoms with E-state index in [0.29, 0.717) is 49.0 Å². The highest BCUT2D eigenvalue weighted by atomic mass is 32.2. The number of hydrogen-bond donors (Lipinski definition) is 1. The molecule has 0 saturated carbocycles. The number of hydrogen-bond acceptors (Lipinski definition) is 7. The Morgan fingerprint density at radius 3 is 2.51 bits per heavy atom. The van der Waals surface area contributed by atoms with Crippen molar-refractivity contribution in [3.8, 4) is 5.75 Å². The first kappa shape index (κ1) is 24.9. The summed E-state index contributed by atoms with van der Waals surface area (Å²) in [5, 5.41) is 6.93. The number of methoxy groups -OCH3 is 1. The molecule has 1 fully saturated rings. The molecule has 2 heterocycles. The van der Waals surface area contributed by atoms with Crippen LogP contribution in [0.5, 0.6) is 5.75 Å². The van der Waals surface area contributed by atoms with Crippen molar-refractivity contribution in [1.29, 1.82) is 0 Å². The van der Waals surface area contributed by atoms with Crippen LogP contribution in [0.25, 0.3) is 0 Å². The largest absolute Gasteiger partial charge is 0.497 e. The summed E-state index contributed by atoms with van der Waals surface area (Å²) in [6.45, 7) is 4.53. The van der Waals surface area contributed by atoms with E-state index < -0.39 is 15.9 Å². The normalized spacial score (nSPS) is 16.9. The summed E-state index contributed by atoms with van der Waals surface area (Å²) in [4.78, 5) is 17.5. The van der Waals surface area contributed by atoms with Gasteiger partial charge in [0.25, 0.3) is 0 Å². The zero-order chi connectivity index (χ0) is 25.0. The summed E-state index contributed by atoms with van der Waals surface area (Å²) in [7, 11) is -2.16. The molecule has 35 heavy (non-hydrogen) atoms. The summed E-state index contributed by atoms with van der Waals surface area (Å²) < 4.78 is 37.9. The third-order valence-electron chi connectivity index (χ3n) is 6.01. The summed E-state index contributed by atoms with van der Waals surface area (Å²) >= 11 is 0. The minimum Gasteiger partial charge on any atom is -0.497 e. The van der Waals surface area contributed by atoms with Crippen LogP contribution < -0.4 is 10.1 Å². The Morgan fingerprint density at radius 2 is 1.89 bits per heavy atom. The minimum atomic E-state index is -3.69. The van der Waals surface area contributed by atoms with Crippen molar-refractivity contribution in [2.24, 2.45) is 5.92 Å². The molecular weight excluding hydrogens is 468 g/mol. The van der Waals surface area contributed by atoms with Gasteiger partial charge in [-0.1, -0.05) is 31.1 Å². The number of anilines is 1. The lowest BCUT2D eigenvalue weighted by Gasteiger charge is -2.31. The third kappa shape index (κ3) is 5.88. The second-order valence-electron chi connectivity index (χ2n) is 8.94. The van der Waals surface area contributed by atoms with Gasteiger partial charge < -0.3 is 14.6 Å². The van der Waals surface area contributed by atoms with Crippen LogP contribution >= 0.6 is 0 Å². The van der Waals surface area contributed by atoms with Crippen LogP contribution in [0.2, 0.25) is 0 Å². The Hall–Kier alpha value is -3.24. The quantitative estimate of drug-likeness (QED) is 0.502. The van der Waals surface area contributed by atoms with Crippen LogP contribution in [0.1, 0.15) is 49.9 Å². The number of carbonyl (C=O) groups excluding carboxylic acids is 1. The number of nitrogens with zero attached hydrogens (tertiary/aromatic N) is 3. The molecule has 0 spiro atoms. The van der Waals surface area contributed by atoms with Crippen LogP contribution in [-0.2, 0) is 21.2 Å². The highest BCUT2D eigenvalue weighted by Gasteiger charge is 2.33. The Labute approximate surface area is 205 Å². The molecule has 186 valence electrons. The molecule has 2 aromatic carbocycles. The van der Waals surface area contributed by atoms with Gasteiger partial charge in [0.15, 0.2) is 5.82 Å². The fraction of sp³-hybridized carbons (Fsp3) is 0.400. The number of amides is 1. The predicted octanol–water partition coefficient (Wildman–Crippen LogP) is 3.83. The number of benzene rings is 2. The Kier molecular flexibility index (Phi) is 7.51. The average Bonchev–Trinajstić information content (AvgIpc) is 3.34. The molecule has 0 aliphatic carbocycles. The second kappa shape index (κ2) is 10.6. The molecule has 0 radical (unpaired) electrons. The van der Waals surface area contributed by atoms with Crippen LogP contribution in [0.3, 0.4) is 0 Å². The van der Waals surface area contributed by atoms with Crippen molar-refractivity contribution in [2.75, 3.05) is 25.5 Å². The van der Waals surface area contributed by atoms with Gasteiger partial charge >= 0.3 is 0 Å². The average molecular weight is 499 g/mol. The maximum Gasteiger partial charge on any atom is 0.243 e. The van der Waals surface area contributed by atoms with Crippen molar-refractivity contribution in [3.05, 3.63) is 65.8 Å². The molecule has 1 atom stereocenters. The van der Waals surface area contributed by atoms with Gasteiger partial charge in [0, 0.05) is 31.1 Å². The number of carbonyl (C=O) groups is 1. The molecule has 4 rings (SSSR count). The number of piperidine rings is 1. The smallest absolute Gasteiger partial charge is 0.243 e. The van der Waals surface area contributed by atoms with E-state index in [1.165, 1.54) is 23.5 Å². The summed E-state index contributed by atoms with van der Waals surface area (Å²) in [5.41, 5.74) is 1.65. The van der Waals surface area contributed by atoms with E-state index in [2.05, 4.69) is 15.5 Å². The summed E-state index contributed by atoms with van der Waals surface area (Å²) in [5.74, 6) is 1.38. The molecule has 9 nitrogen and oxygen atoms in total. The molecule has 1 amide bonds.